The molecule has 0 aromatic rings. The number of unbranched alkanes of at least 4 members (excludes halogenated alkanes) is 3. The third kappa shape index (κ3) is 8.55. The molecule has 2 atom stereocenters. The van der Waals surface area contributed by atoms with Gasteiger partial charge >= 0.3 is 0 Å². The van der Waals surface area contributed by atoms with Crippen molar-refractivity contribution in [1.29, 1.82) is 0 Å². The number of aliphatic hydroxyl groups excluding tert-OH is 1. The first kappa shape index (κ1) is 14.0. The molecule has 1 heteroatoms. The summed E-state index contributed by atoms with van der Waals surface area (Å²) in [5, 5.41) is 8.84. The highest BCUT2D eigenvalue weighted by molar-refractivity contribution is 4.54. The van der Waals surface area contributed by atoms with Crippen molar-refractivity contribution in [2.75, 3.05) is 6.61 Å². The summed E-state index contributed by atoms with van der Waals surface area (Å²) >= 11 is 0. The van der Waals surface area contributed by atoms with Crippen LogP contribution in [0.4, 0.5) is 0 Å². The Hall–Kier alpha value is -0.0400. The van der Waals surface area contributed by atoms with Crippen LogP contribution >= 0.6 is 0 Å². The lowest BCUT2D eigenvalue weighted by molar-refractivity contribution is 0.227. The smallest absolute Gasteiger partial charge is 0.0456 e. The van der Waals surface area contributed by atoms with Gasteiger partial charge in [-0.3, -0.25) is 0 Å². The van der Waals surface area contributed by atoms with Gasteiger partial charge in [0.1, 0.15) is 0 Å². The van der Waals surface area contributed by atoms with Gasteiger partial charge in [0.05, 0.1) is 0 Å². The molecular weight excluding hydrogens is 172 g/mol. The summed E-state index contributed by atoms with van der Waals surface area (Å²) in [6, 6.07) is 0. The average Bonchev–Trinajstić information content (AvgIpc) is 2.22. The number of hydrogen-bond acceptors (Lipinski definition) is 1. The lowest BCUT2D eigenvalue weighted by Crippen LogP contribution is -1.99. The fourth-order valence-electron chi connectivity index (χ4n) is 1.63. The zero-order valence-electron chi connectivity index (χ0n) is 10.3. The Morgan fingerprint density at radius 1 is 0.857 bits per heavy atom. The van der Waals surface area contributed by atoms with Crippen LogP contribution in [-0.2, 0) is 0 Å². The third-order valence-corrected chi connectivity index (χ3v) is 3.15. The van der Waals surface area contributed by atoms with E-state index in [1.54, 1.807) is 0 Å². The molecule has 0 saturated carbocycles. The maximum Gasteiger partial charge on any atom is 0.0456 e. The molecule has 0 rings (SSSR count). The SMILES string of the molecule is CCC(C)CCCCCCC(C)CO. The second-order valence-electron chi connectivity index (χ2n) is 4.79. The van der Waals surface area contributed by atoms with Gasteiger partial charge in [0.15, 0.2) is 0 Å². The highest BCUT2D eigenvalue weighted by Gasteiger charge is 2.00. The quantitative estimate of drug-likeness (QED) is 0.558. The maximum absolute atomic E-state index is 8.84. The van der Waals surface area contributed by atoms with Crippen LogP contribution in [0.15, 0.2) is 0 Å². The zero-order valence-corrected chi connectivity index (χ0v) is 10.3. The Morgan fingerprint density at radius 3 is 1.79 bits per heavy atom. The van der Waals surface area contributed by atoms with Crippen LogP contribution in [0, 0.1) is 11.8 Å². The molecule has 0 spiro atoms. The Kier molecular flexibility index (Phi) is 9.49. The summed E-state index contributed by atoms with van der Waals surface area (Å²) in [7, 11) is 0. The standard InChI is InChI=1S/C13H28O/c1-4-12(2)9-7-5-6-8-10-13(3)11-14/h12-14H,4-11H2,1-3H3. The monoisotopic (exact) mass is 200 g/mol. The molecular formula is C13H28O. The van der Waals surface area contributed by atoms with Crippen molar-refractivity contribution in [1.82, 2.24) is 0 Å². The molecule has 86 valence electrons. The van der Waals surface area contributed by atoms with Crippen molar-refractivity contribution < 1.29 is 5.11 Å². The molecule has 0 bridgehead atoms. The van der Waals surface area contributed by atoms with E-state index in [-0.39, 0.29) is 0 Å². The van der Waals surface area contributed by atoms with Gasteiger partial charge in [0.25, 0.3) is 0 Å². The number of rotatable bonds is 9. The second-order valence-corrected chi connectivity index (χ2v) is 4.79. The molecule has 0 aromatic heterocycles. The fourth-order valence-corrected chi connectivity index (χ4v) is 1.63. The molecule has 2 unspecified atom stereocenters. The van der Waals surface area contributed by atoms with Crippen LogP contribution < -0.4 is 0 Å². The first-order chi connectivity index (χ1) is 6.70. The van der Waals surface area contributed by atoms with Crippen LogP contribution in [0.1, 0.15) is 65.7 Å². The predicted octanol–water partition coefficient (Wildman–Crippen LogP) is 4.00. The highest BCUT2D eigenvalue weighted by Crippen LogP contribution is 2.15. The topological polar surface area (TPSA) is 20.2 Å². The van der Waals surface area contributed by atoms with Crippen molar-refractivity contribution in [3.8, 4) is 0 Å². The number of hydrogen-bond donors (Lipinski definition) is 1. The first-order valence-corrected chi connectivity index (χ1v) is 6.31. The van der Waals surface area contributed by atoms with E-state index in [1.807, 2.05) is 0 Å². The third-order valence-electron chi connectivity index (χ3n) is 3.15. The maximum atomic E-state index is 8.84. The molecule has 0 fully saturated rings. The predicted molar refractivity (Wildman–Crippen MR) is 63.4 cm³/mol. The molecule has 0 aromatic carbocycles. The highest BCUT2D eigenvalue weighted by atomic mass is 16.3. The Morgan fingerprint density at radius 2 is 1.36 bits per heavy atom. The van der Waals surface area contributed by atoms with E-state index in [0.717, 1.165) is 5.92 Å². The van der Waals surface area contributed by atoms with E-state index < -0.39 is 0 Å². The minimum absolute atomic E-state index is 0.354. The van der Waals surface area contributed by atoms with E-state index in [1.165, 1.54) is 44.9 Å². The van der Waals surface area contributed by atoms with E-state index in [2.05, 4.69) is 20.8 Å². The molecule has 0 saturated heterocycles. The van der Waals surface area contributed by atoms with Crippen LogP contribution in [0.5, 0.6) is 0 Å². The molecule has 0 aliphatic rings. The summed E-state index contributed by atoms with van der Waals surface area (Å²) in [5.74, 6) is 1.41. The van der Waals surface area contributed by atoms with E-state index in [0.29, 0.717) is 12.5 Å². The first-order valence-electron chi connectivity index (χ1n) is 6.31. The van der Waals surface area contributed by atoms with Gasteiger partial charge in [-0.2, -0.15) is 0 Å². The molecule has 0 amide bonds. The summed E-state index contributed by atoms with van der Waals surface area (Å²) in [6.07, 6.45) is 9.32. The van der Waals surface area contributed by atoms with Crippen molar-refractivity contribution in [2.45, 2.75) is 65.7 Å². The van der Waals surface area contributed by atoms with Gasteiger partial charge in [0.2, 0.25) is 0 Å². The van der Waals surface area contributed by atoms with Crippen LogP contribution in [0.25, 0.3) is 0 Å². The van der Waals surface area contributed by atoms with Crippen molar-refractivity contribution in [2.24, 2.45) is 11.8 Å². The summed E-state index contributed by atoms with van der Waals surface area (Å²) in [6.45, 7) is 7.09. The lowest BCUT2D eigenvalue weighted by atomic mass is 9.98. The Bertz CT molecular complexity index is 97.8. The lowest BCUT2D eigenvalue weighted by Gasteiger charge is -2.09. The molecule has 1 nitrogen and oxygen atoms in total. The van der Waals surface area contributed by atoms with Gasteiger partial charge in [0, 0.05) is 6.61 Å². The van der Waals surface area contributed by atoms with Gasteiger partial charge in [-0.25, -0.2) is 0 Å². The molecule has 0 aliphatic heterocycles. The van der Waals surface area contributed by atoms with Crippen LogP contribution in [-0.4, -0.2) is 11.7 Å². The van der Waals surface area contributed by atoms with Crippen molar-refractivity contribution in [3.05, 3.63) is 0 Å². The van der Waals surface area contributed by atoms with Crippen LogP contribution in [0.3, 0.4) is 0 Å². The molecule has 0 heterocycles. The van der Waals surface area contributed by atoms with Crippen molar-refractivity contribution >= 4 is 0 Å². The van der Waals surface area contributed by atoms with Gasteiger partial charge < -0.3 is 5.11 Å². The molecule has 0 aliphatic carbocycles. The minimum Gasteiger partial charge on any atom is -0.396 e. The largest absolute Gasteiger partial charge is 0.396 e. The van der Waals surface area contributed by atoms with Gasteiger partial charge in [-0.1, -0.05) is 59.3 Å². The minimum atomic E-state index is 0.354. The summed E-state index contributed by atoms with van der Waals surface area (Å²) < 4.78 is 0. The van der Waals surface area contributed by atoms with Crippen LogP contribution in [0.2, 0.25) is 0 Å². The average molecular weight is 200 g/mol. The van der Waals surface area contributed by atoms with E-state index >= 15 is 0 Å². The normalized spacial score (nSPS) is 15.4. The van der Waals surface area contributed by atoms with Gasteiger partial charge in [-0.05, 0) is 18.3 Å². The van der Waals surface area contributed by atoms with Crippen molar-refractivity contribution in [3.63, 3.8) is 0 Å². The summed E-state index contributed by atoms with van der Waals surface area (Å²) in [5.41, 5.74) is 0. The van der Waals surface area contributed by atoms with E-state index in [4.69, 9.17) is 5.11 Å². The molecule has 0 radical (unpaired) electrons. The molecule has 1 N–H and O–H groups in total. The van der Waals surface area contributed by atoms with E-state index in [9.17, 15) is 0 Å². The molecule has 14 heavy (non-hydrogen) atoms. The van der Waals surface area contributed by atoms with Gasteiger partial charge in [-0.15, -0.1) is 0 Å². The Labute approximate surface area is 89.9 Å². The summed E-state index contributed by atoms with van der Waals surface area (Å²) in [4.78, 5) is 0. The number of aliphatic hydroxyl groups is 1. The Balaban J connectivity index is 3.06. The fraction of sp³-hybridized carbons (Fsp3) is 1.00. The second kappa shape index (κ2) is 9.51. The zero-order chi connectivity index (χ0) is 10.8.